The molecular weight excluding hydrogens is 446 g/mol. The van der Waals surface area contributed by atoms with Gasteiger partial charge >= 0.3 is 12.1 Å². The fourth-order valence-electron chi connectivity index (χ4n) is 4.98. The molecule has 0 aromatic heterocycles. The zero-order valence-corrected chi connectivity index (χ0v) is 18.2. The van der Waals surface area contributed by atoms with Crippen LogP contribution in [0.25, 0.3) is 11.1 Å². The summed E-state index contributed by atoms with van der Waals surface area (Å²) in [5, 5.41) is 13.9. The van der Waals surface area contributed by atoms with Crippen molar-refractivity contribution < 1.29 is 33.0 Å². The number of benzene rings is 2. The Balaban J connectivity index is 1.06. The number of aliphatic carboxylic acids is 1. The van der Waals surface area contributed by atoms with Gasteiger partial charge in [-0.15, -0.1) is 0 Å². The number of ether oxygens (including phenoxy) is 1. The molecule has 3 N–H and O–H groups in total. The van der Waals surface area contributed by atoms with Crippen molar-refractivity contribution in [2.24, 2.45) is 23.7 Å². The van der Waals surface area contributed by atoms with Crippen LogP contribution in [0.1, 0.15) is 23.5 Å². The molecule has 178 valence electrons. The number of amides is 2. The van der Waals surface area contributed by atoms with Crippen molar-refractivity contribution in [3.63, 3.8) is 0 Å². The Hall–Kier alpha value is -3.49. The van der Waals surface area contributed by atoms with E-state index in [9.17, 15) is 23.2 Å². The Bertz CT molecular complexity index is 1110. The summed E-state index contributed by atoms with van der Waals surface area (Å²) in [6, 6.07) is 16.1. The van der Waals surface area contributed by atoms with E-state index in [1.807, 2.05) is 36.4 Å². The van der Waals surface area contributed by atoms with Gasteiger partial charge in [0, 0.05) is 24.9 Å². The average Bonchev–Trinajstić information content (AvgIpc) is 3.67. The Kier molecular flexibility index (Phi) is 5.50. The molecule has 0 spiro atoms. The molecular formula is C25H24F2N2O5. The lowest BCUT2D eigenvalue weighted by Gasteiger charge is -2.14. The van der Waals surface area contributed by atoms with Gasteiger partial charge in [0.2, 0.25) is 5.91 Å². The maximum Gasteiger partial charge on any atom is 0.407 e. The highest BCUT2D eigenvalue weighted by Gasteiger charge is 2.72. The number of alkyl halides is 2. The van der Waals surface area contributed by atoms with Crippen LogP contribution in [-0.2, 0) is 14.3 Å². The van der Waals surface area contributed by atoms with E-state index in [4.69, 9.17) is 9.84 Å². The molecule has 0 radical (unpaired) electrons. The normalized spacial score (nSPS) is 25.6. The summed E-state index contributed by atoms with van der Waals surface area (Å²) >= 11 is 0. The molecule has 0 heterocycles. The summed E-state index contributed by atoms with van der Waals surface area (Å²) in [6.45, 7) is 0.0622. The predicted molar refractivity (Wildman–Crippen MR) is 117 cm³/mol. The second-order valence-electron chi connectivity index (χ2n) is 9.15. The number of carboxylic acids is 1. The topological polar surface area (TPSA) is 105 Å². The van der Waals surface area contributed by atoms with Gasteiger partial charge < -0.3 is 20.5 Å². The molecule has 7 nitrogen and oxygen atoms in total. The van der Waals surface area contributed by atoms with Crippen LogP contribution in [0.2, 0.25) is 0 Å². The van der Waals surface area contributed by atoms with Crippen LogP contribution in [0.15, 0.2) is 48.5 Å². The number of hydrogen-bond acceptors (Lipinski definition) is 4. The molecule has 0 saturated heterocycles. The first kappa shape index (κ1) is 22.3. The lowest BCUT2D eigenvalue weighted by atomic mass is 9.98. The second-order valence-corrected chi connectivity index (χ2v) is 9.15. The SMILES string of the molecule is O=C(NC[C@@H]1C[C@@H]1C(=O)NC[C@H]1[C@@H](C(=O)O)C1(F)F)OCC1c2ccccc2-c2ccccc21. The van der Waals surface area contributed by atoms with Gasteiger partial charge in [0.25, 0.3) is 5.92 Å². The van der Waals surface area contributed by atoms with Crippen LogP contribution in [0.4, 0.5) is 13.6 Å². The number of carboxylic acid groups (broad SMARTS) is 1. The van der Waals surface area contributed by atoms with Gasteiger partial charge in [-0.05, 0) is 34.6 Å². The Labute approximate surface area is 194 Å². The van der Waals surface area contributed by atoms with E-state index in [-0.39, 0.29) is 37.5 Å². The van der Waals surface area contributed by atoms with Gasteiger partial charge in [-0.25, -0.2) is 13.6 Å². The number of nitrogens with one attached hydrogen (secondary N) is 2. The van der Waals surface area contributed by atoms with E-state index in [0.717, 1.165) is 22.3 Å². The van der Waals surface area contributed by atoms with Crippen molar-refractivity contribution in [2.45, 2.75) is 18.3 Å². The standard InChI is InChI=1S/C25H24F2N2O5/c26-25(27)20(21(25)23(31)32)11-28-22(30)18-9-13(18)10-29-24(33)34-12-19-16-7-3-1-5-14(16)15-6-2-4-8-17(15)19/h1-8,13,18-21H,9-12H2,(H,28,30)(H,29,33)(H,31,32)/t13-,18-,20-,21-/m0/s1. The smallest absolute Gasteiger partial charge is 0.407 e. The number of carbonyl (C=O) groups is 3. The van der Waals surface area contributed by atoms with Gasteiger partial charge in [-0.1, -0.05) is 48.5 Å². The van der Waals surface area contributed by atoms with Crippen molar-refractivity contribution in [2.75, 3.05) is 19.7 Å². The molecule has 2 fully saturated rings. The van der Waals surface area contributed by atoms with E-state index in [1.165, 1.54) is 0 Å². The maximum absolute atomic E-state index is 13.4. The minimum Gasteiger partial charge on any atom is -0.481 e. The van der Waals surface area contributed by atoms with E-state index >= 15 is 0 Å². The summed E-state index contributed by atoms with van der Waals surface area (Å²) in [5.41, 5.74) is 4.50. The van der Waals surface area contributed by atoms with Gasteiger partial charge in [-0.3, -0.25) is 9.59 Å². The molecule has 0 unspecified atom stereocenters. The van der Waals surface area contributed by atoms with Crippen LogP contribution in [0, 0.1) is 23.7 Å². The lowest BCUT2D eigenvalue weighted by molar-refractivity contribution is -0.141. The summed E-state index contributed by atoms with van der Waals surface area (Å²) in [5.74, 6) is -8.88. The van der Waals surface area contributed by atoms with Gasteiger partial charge in [0.15, 0.2) is 0 Å². The van der Waals surface area contributed by atoms with Crippen molar-refractivity contribution in [3.05, 3.63) is 59.7 Å². The Morgan fingerprint density at radius 1 is 0.971 bits per heavy atom. The third-order valence-electron chi connectivity index (χ3n) is 7.08. The minimum atomic E-state index is -3.28. The zero-order chi connectivity index (χ0) is 24.0. The Morgan fingerprint density at radius 2 is 1.59 bits per heavy atom. The molecule has 0 bridgehead atoms. The first-order valence-electron chi connectivity index (χ1n) is 11.3. The van der Waals surface area contributed by atoms with Crippen molar-refractivity contribution >= 4 is 18.0 Å². The van der Waals surface area contributed by atoms with E-state index in [0.29, 0.717) is 6.42 Å². The highest BCUT2D eigenvalue weighted by Crippen LogP contribution is 2.55. The maximum atomic E-state index is 13.4. The average molecular weight is 470 g/mol. The molecule has 9 heteroatoms. The molecule has 34 heavy (non-hydrogen) atoms. The van der Waals surface area contributed by atoms with Crippen molar-refractivity contribution in [1.29, 1.82) is 0 Å². The lowest BCUT2D eigenvalue weighted by Crippen LogP contribution is -2.31. The summed E-state index contributed by atoms with van der Waals surface area (Å²) in [4.78, 5) is 35.2. The highest BCUT2D eigenvalue weighted by atomic mass is 19.3. The predicted octanol–water partition coefficient (Wildman–Crippen LogP) is 3.24. The molecule has 2 amide bonds. The molecule has 2 saturated carbocycles. The molecule has 2 aromatic rings. The fourth-order valence-corrected chi connectivity index (χ4v) is 4.98. The van der Waals surface area contributed by atoms with E-state index in [2.05, 4.69) is 22.8 Å². The zero-order valence-electron chi connectivity index (χ0n) is 18.2. The molecule has 5 rings (SSSR count). The number of carbonyl (C=O) groups excluding carboxylic acids is 2. The minimum absolute atomic E-state index is 0.0484. The summed E-state index contributed by atoms with van der Waals surface area (Å²) < 4.78 is 32.3. The summed E-state index contributed by atoms with van der Waals surface area (Å²) in [6.07, 6.45) is -0.0475. The Morgan fingerprint density at radius 3 is 2.18 bits per heavy atom. The third kappa shape index (κ3) is 3.99. The number of alkyl carbamates (subject to hydrolysis) is 1. The third-order valence-corrected chi connectivity index (χ3v) is 7.08. The van der Waals surface area contributed by atoms with Crippen LogP contribution in [0.5, 0.6) is 0 Å². The van der Waals surface area contributed by atoms with Gasteiger partial charge in [0.05, 0.1) is 5.92 Å². The molecule has 2 aromatic carbocycles. The van der Waals surface area contributed by atoms with Crippen molar-refractivity contribution in [1.82, 2.24) is 10.6 Å². The van der Waals surface area contributed by atoms with E-state index in [1.54, 1.807) is 0 Å². The summed E-state index contributed by atoms with van der Waals surface area (Å²) in [7, 11) is 0. The largest absolute Gasteiger partial charge is 0.481 e. The first-order valence-corrected chi connectivity index (χ1v) is 11.3. The van der Waals surface area contributed by atoms with Crippen molar-refractivity contribution in [3.8, 4) is 11.1 Å². The van der Waals surface area contributed by atoms with Crippen LogP contribution >= 0.6 is 0 Å². The van der Waals surface area contributed by atoms with Crippen LogP contribution in [0.3, 0.4) is 0 Å². The van der Waals surface area contributed by atoms with E-state index < -0.39 is 35.7 Å². The van der Waals surface area contributed by atoms with Gasteiger partial charge in [-0.2, -0.15) is 0 Å². The fraction of sp³-hybridized carbons (Fsp3) is 0.400. The number of halogens is 2. The molecule has 4 atom stereocenters. The quantitative estimate of drug-likeness (QED) is 0.550. The number of hydrogen-bond donors (Lipinski definition) is 3. The number of rotatable bonds is 8. The first-order chi connectivity index (χ1) is 16.3. The van der Waals surface area contributed by atoms with Crippen LogP contribution in [-0.4, -0.2) is 48.7 Å². The molecule has 3 aliphatic rings. The van der Waals surface area contributed by atoms with Gasteiger partial charge in [0.1, 0.15) is 12.5 Å². The molecule has 0 aliphatic heterocycles. The highest BCUT2D eigenvalue weighted by molar-refractivity contribution is 5.82. The monoisotopic (exact) mass is 470 g/mol. The second kappa shape index (κ2) is 8.38. The van der Waals surface area contributed by atoms with Crippen LogP contribution < -0.4 is 10.6 Å². The molecule has 3 aliphatic carbocycles. The number of fused-ring (bicyclic) bond motifs is 3.